The second kappa shape index (κ2) is 3.91. The summed E-state index contributed by atoms with van der Waals surface area (Å²) in [4.78, 5) is 0. The second-order valence-corrected chi connectivity index (χ2v) is 5.02. The Morgan fingerprint density at radius 1 is 1.45 bits per heavy atom. The predicted octanol–water partition coefficient (Wildman–Crippen LogP) is 2.99. The van der Waals surface area contributed by atoms with Crippen LogP contribution in [0.1, 0.15) is 13.8 Å². The Labute approximate surface area is 68.3 Å². The SMILES string of the molecule is CC(C#N)C(C)CS(C)(F)F. The molecule has 66 valence electrons. The highest BCUT2D eigenvalue weighted by atomic mass is 32.3. The van der Waals surface area contributed by atoms with Crippen molar-refractivity contribution in [3.63, 3.8) is 0 Å². The molecule has 4 heteroatoms. The zero-order valence-corrected chi connectivity index (χ0v) is 7.79. The van der Waals surface area contributed by atoms with E-state index in [0.717, 1.165) is 6.26 Å². The Kier molecular flexibility index (Phi) is 3.81. The van der Waals surface area contributed by atoms with E-state index in [-0.39, 0.29) is 17.6 Å². The van der Waals surface area contributed by atoms with Gasteiger partial charge in [0, 0.05) is 17.9 Å². The maximum atomic E-state index is 12.4. The van der Waals surface area contributed by atoms with E-state index < -0.39 is 10.8 Å². The van der Waals surface area contributed by atoms with Crippen molar-refractivity contribution in [3.05, 3.63) is 0 Å². The quantitative estimate of drug-likeness (QED) is 0.656. The normalized spacial score (nSPS) is 18.5. The molecule has 0 aromatic heterocycles. The van der Waals surface area contributed by atoms with Gasteiger partial charge in [0.1, 0.15) is 0 Å². The Morgan fingerprint density at radius 3 is 2.18 bits per heavy atom. The van der Waals surface area contributed by atoms with Crippen molar-refractivity contribution in [1.29, 1.82) is 5.26 Å². The van der Waals surface area contributed by atoms with E-state index in [4.69, 9.17) is 5.26 Å². The summed E-state index contributed by atoms with van der Waals surface area (Å²) >= 11 is 0. The molecule has 0 N–H and O–H groups in total. The lowest BCUT2D eigenvalue weighted by atomic mass is 10.0. The van der Waals surface area contributed by atoms with E-state index >= 15 is 0 Å². The van der Waals surface area contributed by atoms with Crippen LogP contribution in [0, 0.1) is 23.2 Å². The van der Waals surface area contributed by atoms with E-state index in [0.29, 0.717) is 0 Å². The summed E-state index contributed by atoms with van der Waals surface area (Å²) in [6.07, 6.45) is 0.966. The highest BCUT2D eigenvalue weighted by molar-refractivity contribution is 8.24. The van der Waals surface area contributed by atoms with Gasteiger partial charge < -0.3 is 0 Å². The van der Waals surface area contributed by atoms with Gasteiger partial charge in [-0.05, 0) is 12.8 Å². The zero-order valence-electron chi connectivity index (χ0n) is 6.97. The summed E-state index contributed by atoms with van der Waals surface area (Å²) in [6, 6.07) is 1.97. The molecule has 0 saturated heterocycles. The molecule has 0 heterocycles. The summed E-state index contributed by atoms with van der Waals surface area (Å²) in [5, 5.41) is 8.42. The van der Waals surface area contributed by atoms with Gasteiger partial charge in [0.15, 0.2) is 0 Å². The topological polar surface area (TPSA) is 23.8 Å². The van der Waals surface area contributed by atoms with Crippen LogP contribution in [0.25, 0.3) is 0 Å². The Morgan fingerprint density at radius 2 is 1.91 bits per heavy atom. The second-order valence-electron chi connectivity index (χ2n) is 2.94. The largest absolute Gasteiger partial charge is 0.198 e. The minimum Gasteiger partial charge on any atom is -0.198 e. The average molecular weight is 181 g/mol. The van der Waals surface area contributed by atoms with Gasteiger partial charge in [-0.25, -0.2) is 0 Å². The van der Waals surface area contributed by atoms with Crippen molar-refractivity contribution in [2.24, 2.45) is 11.8 Å². The fourth-order valence-corrected chi connectivity index (χ4v) is 1.95. The number of nitrogens with zero attached hydrogens (tertiary/aromatic N) is 1. The van der Waals surface area contributed by atoms with Crippen LogP contribution in [-0.4, -0.2) is 12.0 Å². The van der Waals surface area contributed by atoms with Crippen LogP contribution in [0.5, 0.6) is 0 Å². The molecule has 0 amide bonds. The van der Waals surface area contributed by atoms with Gasteiger partial charge in [0.25, 0.3) is 0 Å². The van der Waals surface area contributed by atoms with Crippen molar-refractivity contribution in [1.82, 2.24) is 0 Å². The minimum absolute atomic E-state index is 0.123. The molecule has 0 aliphatic carbocycles. The van der Waals surface area contributed by atoms with E-state index in [1.165, 1.54) is 0 Å². The van der Waals surface area contributed by atoms with E-state index in [1.807, 2.05) is 6.07 Å². The first-order valence-electron chi connectivity index (χ1n) is 3.41. The lowest BCUT2D eigenvalue weighted by Crippen LogP contribution is -2.12. The maximum absolute atomic E-state index is 12.4. The van der Waals surface area contributed by atoms with Crippen molar-refractivity contribution < 1.29 is 7.77 Å². The number of rotatable bonds is 3. The molecule has 0 radical (unpaired) electrons. The van der Waals surface area contributed by atoms with Gasteiger partial charge in [-0.1, -0.05) is 6.92 Å². The molecule has 0 aliphatic rings. The first kappa shape index (κ1) is 10.7. The summed E-state index contributed by atoms with van der Waals surface area (Å²) in [5.41, 5.74) is 0. The van der Waals surface area contributed by atoms with Crippen molar-refractivity contribution in [2.75, 3.05) is 12.0 Å². The van der Waals surface area contributed by atoms with E-state index in [2.05, 4.69) is 0 Å². The molecule has 0 aromatic carbocycles. The lowest BCUT2D eigenvalue weighted by Gasteiger charge is -2.20. The lowest BCUT2D eigenvalue weighted by molar-refractivity contribution is 0.510. The monoisotopic (exact) mass is 181 g/mol. The fraction of sp³-hybridized carbons (Fsp3) is 0.857. The molecule has 1 nitrogen and oxygen atoms in total. The minimum atomic E-state index is -3.43. The van der Waals surface area contributed by atoms with Crippen LogP contribution in [0.15, 0.2) is 0 Å². The third kappa shape index (κ3) is 5.02. The fourth-order valence-electron chi connectivity index (χ4n) is 0.733. The van der Waals surface area contributed by atoms with Crippen LogP contribution in [0.3, 0.4) is 0 Å². The van der Waals surface area contributed by atoms with Crippen LogP contribution in [0.4, 0.5) is 7.77 Å². The smallest absolute Gasteiger partial charge is 0.0656 e. The van der Waals surface area contributed by atoms with Gasteiger partial charge in [-0.2, -0.15) is 13.0 Å². The molecule has 0 bridgehead atoms. The standard InChI is InChI=1S/C7H13F2NS/c1-6(4-10)7(2)5-11(3,8)9/h6-7H,5H2,1-3H3. The zero-order chi connectivity index (χ0) is 9.07. The number of halogens is 2. The summed E-state index contributed by atoms with van der Waals surface area (Å²) < 4.78 is 24.9. The van der Waals surface area contributed by atoms with Gasteiger partial charge in [0.05, 0.1) is 16.9 Å². The van der Waals surface area contributed by atoms with Crippen molar-refractivity contribution in [2.45, 2.75) is 13.8 Å². The molecule has 0 rings (SSSR count). The number of hydrogen-bond donors (Lipinski definition) is 0. The van der Waals surface area contributed by atoms with Gasteiger partial charge in [-0.3, -0.25) is 0 Å². The summed E-state index contributed by atoms with van der Waals surface area (Å²) in [5.74, 6) is -0.592. The Hall–Kier alpha value is -0.300. The third-order valence-corrected chi connectivity index (χ3v) is 2.72. The highest BCUT2D eigenvalue weighted by Gasteiger charge is 2.22. The molecule has 0 aliphatic heterocycles. The predicted molar refractivity (Wildman–Crippen MR) is 44.5 cm³/mol. The molecule has 0 aromatic rings. The van der Waals surface area contributed by atoms with Crippen LogP contribution < -0.4 is 0 Å². The third-order valence-electron chi connectivity index (χ3n) is 1.61. The summed E-state index contributed by atoms with van der Waals surface area (Å²) in [6.45, 7) is 3.37. The molecule has 2 unspecified atom stereocenters. The Balaban J connectivity index is 3.90. The van der Waals surface area contributed by atoms with Crippen LogP contribution in [0.2, 0.25) is 0 Å². The molecule has 0 spiro atoms. The first-order chi connectivity index (χ1) is 4.87. The van der Waals surface area contributed by atoms with Gasteiger partial charge >= 0.3 is 0 Å². The van der Waals surface area contributed by atoms with E-state index in [9.17, 15) is 7.77 Å². The highest BCUT2D eigenvalue weighted by Crippen LogP contribution is 2.49. The Bertz CT molecular complexity index is 159. The average Bonchev–Trinajstić information content (AvgIpc) is 1.82. The molecule has 2 atom stereocenters. The maximum Gasteiger partial charge on any atom is 0.0656 e. The van der Waals surface area contributed by atoms with Crippen molar-refractivity contribution in [3.8, 4) is 6.07 Å². The van der Waals surface area contributed by atoms with Crippen molar-refractivity contribution >= 4 is 10.8 Å². The van der Waals surface area contributed by atoms with Crippen LogP contribution >= 0.6 is 10.8 Å². The molecule has 0 fully saturated rings. The first-order valence-corrected chi connectivity index (χ1v) is 5.43. The number of nitriles is 1. The van der Waals surface area contributed by atoms with E-state index in [1.54, 1.807) is 13.8 Å². The molecular weight excluding hydrogens is 168 g/mol. The summed E-state index contributed by atoms with van der Waals surface area (Å²) in [7, 11) is -3.43. The van der Waals surface area contributed by atoms with Gasteiger partial charge in [0.2, 0.25) is 0 Å². The van der Waals surface area contributed by atoms with Gasteiger partial charge in [-0.15, -0.1) is 0 Å². The molecular formula is C7H13F2NS. The molecule has 11 heavy (non-hydrogen) atoms. The van der Waals surface area contributed by atoms with Crippen LogP contribution in [-0.2, 0) is 0 Å². The molecule has 0 saturated carbocycles. The number of hydrogen-bond acceptors (Lipinski definition) is 1.